The molecule has 35 heavy (non-hydrogen) atoms. The third-order valence-corrected chi connectivity index (χ3v) is 7.57. The first-order valence-corrected chi connectivity index (χ1v) is 13.4. The van der Waals surface area contributed by atoms with Gasteiger partial charge in [0.05, 0.1) is 11.5 Å². The topological polar surface area (TPSA) is 136 Å². The van der Waals surface area contributed by atoms with E-state index >= 15 is 0 Å². The van der Waals surface area contributed by atoms with Crippen LogP contribution >= 0.6 is 34.9 Å². The second-order valence-electron chi connectivity index (χ2n) is 7.05. The maximum absolute atomic E-state index is 12.4. The number of amides is 1. The summed E-state index contributed by atoms with van der Waals surface area (Å²) in [6, 6.07) is 19.9. The van der Waals surface area contributed by atoms with Gasteiger partial charge in [0.25, 0.3) is 5.95 Å². The predicted molar refractivity (Wildman–Crippen MR) is 142 cm³/mol. The van der Waals surface area contributed by atoms with Gasteiger partial charge in [0.15, 0.2) is 4.34 Å². The summed E-state index contributed by atoms with van der Waals surface area (Å²) in [6.45, 7) is 2.02. The average molecular weight is 526 g/mol. The van der Waals surface area contributed by atoms with E-state index < -0.39 is 0 Å². The number of aromatic nitrogens is 5. The van der Waals surface area contributed by atoms with Crippen LogP contribution in [0, 0.1) is 0 Å². The molecule has 0 saturated heterocycles. The number of nitrogens with two attached hydrogens (primary N) is 1. The number of nitrogens with one attached hydrogen (secondary N) is 2. The lowest BCUT2D eigenvalue weighted by Crippen LogP contribution is -2.17. The molecule has 4 N–H and O–H groups in total. The van der Waals surface area contributed by atoms with Gasteiger partial charge < -0.3 is 5.84 Å². The third kappa shape index (κ3) is 7.04. The molecule has 0 bridgehead atoms. The Hall–Kier alpha value is -3.42. The van der Waals surface area contributed by atoms with E-state index in [1.165, 1.54) is 21.6 Å². The Morgan fingerprint density at radius 2 is 1.77 bits per heavy atom. The molecule has 13 heteroatoms. The molecule has 2 aromatic heterocycles. The molecule has 0 aliphatic carbocycles. The maximum atomic E-state index is 12.4. The number of hydrogen-bond acceptors (Lipinski definition) is 11. The van der Waals surface area contributed by atoms with E-state index in [2.05, 4.69) is 48.4 Å². The summed E-state index contributed by atoms with van der Waals surface area (Å²) in [7, 11) is 0. The maximum Gasteiger partial charge on any atom is 0.264 e. The summed E-state index contributed by atoms with van der Waals surface area (Å²) in [5, 5.41) is 24.2. The third-order valence-electron chi connectivity index (χ3n) is 4.59. The van der Waals surface area contributed by atoms with Gasteiger partial charge >= 0.3 is 0 Å². The molecular formula is C22H23N9OS3. The van der Waals surface area contributed by atoms with Gasteiger partial charge in [-0.1, -0.05) is 102 Å². The van der Waals surface area contributed by atoms with Gasteiger partial charge in [0.2, 0.25) is 16.2 Å². The number of hydrogen-bond donors (Lipinski definition) is 3. The molecule has 0 atom stereocenters. The number of thioether (sulfide) groups is 2. The summed E-state index contributed by atoms with van der Waals surface area (Å²) in [6.07, 6.45) is 0.732. The highest BCUT2D eigenvalue weighted by molar-refractivity contribution is 8.00. The zero-order valence-electron chi connectivity index (χ0n) is 18.8. The molecule has 0 radical (unpaired) electrons. The lowest BCUT2D eigenvalue weighted by molar-refractivity contribution is -0.113. The van der Waals surface area contributed by atoms with Crippen molar-refractivity contribution in [2.24, 2.45) is 5.10 Å². The Morgan fingerprint density at radius 1 is 1.03 bits per heavy atom. The Labute approximate surface area is 214 Å². The van der Waals surface area contributed by atoms with Gasteiger partial charge in [-0.3, -0.25) is 10.1 Å². The van der Waals surface area contributed by atoms with Crippen molar-refractivity contribution in [3.63, 3.8) is 0 Å². The summed E-state index contributed by atoms with van der Waals surface area (Å²) in [5.41, 5.74) is 5.93. The number of nitrogens with zero attached hydrogens (tertiary/aromatic N) is 6. The first kappa shape index (κ1) is 24.7. The summed E-state index contributed by atoms with van der Waals surface area (Å²) < 4.78 is 2.06. The molecular weight excluding hydrogens is 503 g/mol. The normalized spacial score (nSPS) is 11.4. The van der Waals surface area contributed by atoms with E-state index in [-0.39, 0.29) is 17.6 Å². The van der Waals surface area contributed by atoms with Gasteiger partial charge in [-0.25, -0.2) is 10.1 Å². The fourth-order valence-corrected chi connectivity index (χ4v) is 5.25. The molecule has 10 nitrogen and oxygen atoms in total. The molecule has 0 aliphatic heterocycles. The molecule has 2 heterocycles. The first-order chi connectivity index (χ1) is 17.1. The van der Waals surface area contributed by atoms with E-state index in [9.17, 15) is 4.79 Å². The molecule has 0 saturated carbocycles. The number of nitrogen functional groups attached to an aromatic ring is 1. The molecule has 0 fully saturated rings. The molecule has 180 valence electrons. The van der Waals surface area contributed by atoms with Crippen LogP contribution in [-0.2, 0) is 10.5 Å². The molecule has 1 amide bonds. The molecule has 0 aliphatic rings. The second kappa shape index (κ2) is 12.3. The van der Waals surface area contributed by atoms with Crippen molar-refractivity contribution in [2.75, 3.05) is 22.3 Å². The van der Waals surface area contributed by atoms with Crippen molar-refractivity contribution >= 4 is 57.6 Å². The monoisotopic (exact) mass is 525 g/mol. The van der Waals surface area contributed by atoms with Crippen molar-refractivity contribution in [3.8, 4) is 0 Å². The van der Waals surface area contributed by atoms with Gasteiger partial charge in [0, 0.05) is 5.75 Å². The molecule has 4 rings (SSSR count). The van der Waals surface area contributed by atoms with E-state index in [1.54, 1.807) is 11.8 Å². The summed E-state index contributed by atoms with van der Waals surface area (Å²) in [4.78, 5) is 12.4. The van der Waals surface area contributed by atoms with Crippen molar-refractivity contribution in [1.29, 1.82) is 0 Å². The van der Waals surface area contributed by atoms with Crippen LogP contribution in [0.5, 0.6) is 0 Å². The van der Waals surface area contributed by atoms with E-state index in [4.69, 9.17) is 5.84 Å². The van der Waals surface area contributed by atoms with E-state index in [0.717, 1.165) is 39.6 Å². The van der Waals surface area contributed by atoms with E-state index in [0.29, 0.717) is 10.3 Å². The number of carbonyl (C=O) groups is 1. The van der Waals surface area contributed by atoms with Crippen LogP contribution in [0.2, 0.25) is 0 Å². The van der Waals surface area contributed by atoms with Crippen LogP contribution in [0.4, 0.5) is 11.1 Å². The fourth-order valence-electron chi connectivity index (χ4n) is 2.87. The first-order valence-electron chi connectivity index (χ1n) is 10.6. The van der Waals surface area contributed by atoms with Crippen molar-refractivity contribution in [1.82, 2.24) is 25.1 Å². The van der Waals surface area contributed by atoms with Crippen LogP contribution in [0.15, 0.2) is 75.3 Å². The highest BCUT2D eigenvalue weighted by atomic mass is 32.2. The van der Waals surface area contributed by atoms with Gasteiger partial charge in [-0.2, -0.15) is 5.10 Å². The number of hydrazone groups is 1. The zero-order valence-corrected chi connectivity index (χ0v) is 21.2. The van der Waals surface area contributed by atoms with Crippen molar-refractivity contribution < 1.29 is 4.79 Å². The quantitative estimate of drug-likeness (QED) is 0.0869. The zero-order chi connectivity index (χ0) is 24.5. The van der Waals surface area contributed by atoms with Crippen LogP contribution in [0.3, 0.4) is 0 Å². The standard InChI is InChI=1S/C22H23N9OS3/c1-2-17(16-11-7-4-8-12-16)25-26-19-27-29-21(31(19)23)33-14-18(32)24-20-28-30-22(35-20)34-13-15-9-5-3-6-10-15/h3-12H,2,13-14,23H2,1H3,(H,26,27)(H,24,28,32)/b25-17-. The molecule has 4 aromatic rings. The van der Waals surface area contributed by atoms with Gasteiger partial charge in [-0.05, 0) is 17.5 Å². The number of benzene rings is 2. The number of rotatable bonds is 11. The largest absolute Gasteiger partial charge is 0.334 e. The van der Waals surface area contributed by atoms with Crippen LogP contribution in [-0.4, -0.2) is 42.4 Å². The molecule has 2 aromatic carbocycles. The predicted octanol–water partition coefficient (Wildman–Crippen LogP) is 4.09. The van der Waals surface area contributed by atoms with Crippen LogP contribution < -0.4 is 16.6 Å². The lowest BCUT2D eigenvalue weighted by atomic mass is 10.1. The Kier molecular flexibility index (Phi) is 8.70. The summed E-state index contributed by atoms with van der Waals surface area (Å²) >= 11 is 4.07. The molecule has 0 unspecified atom stereocenters. The Balaban J connectivity index is 1.27. The minimum Gasteiger partial charge on any atom is -0.334 e. The Morgan fingerprint density at radius 3 is 2.51 bits per heavy atom. The van der Waals surface area contributed by atoms with Crippen molar-refractivity contribution in [2.45, 2.75) is 28.6 Å². The van der Waals surface area contributed by atoms with Gasteiger partial charge in [-0.15, -0.1) is 20.4 Å². The van der Waals surface area contributed by atoms with E-state index in [1.807, 2.05) is 55.5 Å². The SMILES string of the molecule is CC/C(=N/Nc1nnc(SCC(=O)Nc2nnc(SCc3ccccc3)s2)n1N)c1ccccc1. The van der Waals surface area contributed by atoms with Crippen LogP contribution in [0.1, 0.15) is 24.5 Å². The molecule has 0 spiro atoms. The average Bonchev–Trinajstić information content (AvgIpc) is 3.49. The van der Waals surface area contributed by atoms with Crippen LogP contribution in [0.25, 0.3) is 0 Å². The van der Waals surface area contributed by atoms with Gasteiger partial charge in [0.1, 0.15) is 0 Å². The highest BCUT2D eigenvalue weighted by Crippen LogP contribution is 2.28. The van der Waals surface area contributed by atoms with Crippen molar-refractivity contribution in [3.05, 3.63) is 71.8 Å². The second-order valence-corrected chi connectivity index (χ2v) is 10.2. The minimum atomic E-state index is -0.237. The minimum absolute atomic E-state index is 0.0922. The summed E-state index contributed by atoms with van der Waals surface area (Å²) in [5.74, 6) is 7.00. The smallest absolute Gasteiger partial charge is 0.264 e. The highest BCUT2D eigenvalue weighted by Gasteiger charge is 2.14. The lowest BCUT2D eigenvalue weighted by Gasteiger charge is -2.06. The number of anilines is 2. The Bertz CT molecular complexity index is 1280. The fraction of sp³-hybridized carbons (Fsp3) is 0.182. The number of carbonyl (C=O) groups excluding carboxylic acids is 1.